The molecule has 0 saturated heterocycles. The maximum absolute atomic E-state index is 9.56. The largest absolute Gasteiger partial charge is 0.393 e. The smallest absolute Gasteiger partial charge is 0.0609 e. The van der Waals surface area contributed by atoms with Crippen LogP contribution < -0.4 is 0 Å². The van der Waals surface area contributed by atoms with E-state index in [4.69, 9.17) is 0 Å². The van der Waals surface area contributed by atoms with Crippen LogP contribution in [0.3, 0.4) is 0 Å². The Morgan fingerprint density at radius 3 is 3.21 bits per heavy atom. The van der Waals surface area contributed by atoms with Crippen LogP contribution in [0.4, 0.5) is 0 Å². The summed E-state index contributed by atoms with van der Waals surface area (Å²) < 4.78 is 0. The zero-order chi connectivity index (χ0) is 13.5. The number of aliphatic hydroxyl groups is 1. The second-order valence-electron chi connectivity index (χ2n) is 6.59. The molecular formula is C16H24N2O. The number of hydrogen-bond donors (Lipinski definition) is 2. The third-order valence-corrected chi connectivity index (χ3v) is 5.19. The minimum atomic E-state index is -0.175. The van der Waals surface area contributed by atoms with Gasteiger partial charge in [0.25, 0.3) is 0 Å². The lowest BCUT2D eigenvalue weighted by atomic mass is 9.58. The summed E-state index contributed by atoms with van der Waals surface area (Å²) in [7, 11) is 0. The minimum absolute atomic E-state index is 0.175. The van der Waals surface area contributed by atoms with Gasteiger partial charge in [0.15, 0.2) is 0 Å². The lowest BCUT2D eigenvalue weighted by Crippen LogP contribution is -2.37. The van der Waals surface area contributed by atoms with Crippen molar-refractivity contribution in [2.24, 2.45) is 11.3 Å². The van der Waals surface area contributed by atoms with Crippen LogP contribution in [0.15, 0.2) is 11.8 Å². The minimum Gasteiger partial charge on any atom is -0.393 e. The number of allylic oxidation sites excluding steroid dienone is 1. The number of aromatic nitrogens is 2. The second kappa shape index (κ2) is 4.78. The lowest BCUT2D eigenvalue weighted by Gasteiger charge is -2.46. The van der Waals surface area contributed by atoms with Crippen molar-refractivity contribution in [3.63, 3.8) is 0 Å². The van der Waals surface area contributed by atoms with Crippen LogP contribution in [0.2, 0.25) is 0 Å². The Hall–Kier alpha value is -1.09. The van der Waals surface area contributed by atoms with Gasteiger partial charge in [-0.15, -0.1) is 0 Å². The van der Waals surface area contributed by atoms with E-state index >= 15 is 0 Å². The van der Waals surface area contributed by atoms with Gasteiger partial charge in [0.2, 0.25) is 0 Å². The number of hydrogen-bond acceptors (Lipinski definition) is 2. The maximum Gasteiger partial charge on any atom is 0.0609 e. The average Bonchev–Trinajstić information content (AvgIpc) is 2.79. The highest BCUT2D eigenvalue weighted by Gasteiger charge is 2.42. The van der Waals surface area contributed by atoms with Crippen LogP contribution in [0.25, 0.3) is 6.08 Å². The standard InChI is InChI=1S/C16H24N2O/c1-11(19)6-7-13-4-3-5-14-8-15-12(10-17-18-15)9-16(13,14)2/h8,10-11,13,19H,3-7,9H2,1-2H3,(H,17,18)/t11?,13-,16-/m1/s1. The number of aliphatic hydroxyl groups excluding tert-OH is 1. The van der Waals surface area contributed by atoms with E-state index in [9.17, 15) is 5.11 Å². The average molecular weight is 260 g/mol. The molecule has 0 aromatic carbocycles. The summed E-state index contributed by atoms with van der Waals surface area (Å²) in [5, 5.41) is 16.8. The first kappa shape index (κ1) is 12.9. The lowest BCUT2D eigenvalue weighted by molar-refractivity contribution is 0.126. The molecule has 0 amide bonds. The zero-order valence-corrected chi connectivity index (χ0v) is 11.9. The fourth-order valence-corrected chi connectivity index (χ4v) is 3.96. The van der Waals surface area contributed by atoms with Gasteiger partial charge in [-0.05, 0) is 68.4 Å². The van der Waals surface area contributed by atoms with E-state index in [-0.39, 0.29) is 11.5 Å². The third kappa shape index (κ3) is 2.25. The predicted octanol–water partition coefficient (Wildman–Crippen LogP) is 3.32. The zero-order valence-electron chi connectivity index (χ0n) is 11.9. The van der Waals surface area contributed by atoms with E-state index in [0.29, 0.717) is 5.92 Å². The molecule has 3 rings (SSSR count). The highest BCUT2D eigenvalue weighted by atomic mass is 16.3. The molecular weight excluding hydrogens is 236 g/mol. The topological polar surface area (TPSA) is 48.9 Å². The SMILES string of the molecule is CC(O)CC[C@H]1CCCC2=Cc3[nH]ncc3C[C@@]21C. The Morgan fingerprint density at radius 1 is 1.58 bits per heavy atom. The summed E-state index contributed by atoms with van der Waals surface area (Å²) in [6.07, 6.45) is 11.1. The number of H-pyrrole nitrogens is 1. The van der Waals surface area contributed by atoms with Crippen molar-refractivity contribution >= 4 is 6.08 Å². The molecule has 2 aliphatic carbocycles. The van der Waals surface area contributed by atoms with Gasteiger partial charge in [0.05, 0.1) is 18.0 Å². The monoisotopic (exact) mass is 260 g/mol. The van der Waals surface area contributed by atoms with Crippen LogP contribution in [0.1, 0.15) is 57.2 Å². The summed E-state index contributed by atoms with van der Waals surface area (Å²) in [6, 6.07) is 0. The summed E-state index contributed by atoms with van der Waals surface area (Å²) >= 11 is 0. The molecule has 1 unspecified atom stereocenters. The molecule has 2 aliphatic rings. The van der Waals surface area contributed by atoms with Crippen molar-refractivity contribution in [1.82, 2.24) is 10.2 Å². The Morgan fingerprint density at radius 2 is 2.42 bits per heavy atom. The predicted molar refractivity (Wildman–Crippen MR) is 76.6 cm³/mol. The molecule has 19 heavy (non-hydrogen) atoms. The molecule has 0 spiro atoms. The van der Waals surface area contributed by atoms with Crippen LogP contribution in [0, 0.1) is 11.3 Å². The number of rotatable bonds is 3. The van der Waals surface area contributed by atoms with Crippen LogP contribution in [0.5, 0.6) is 0 Å². The summed E-state index contributed by atoms with van der Waals surface area (Å²) in [6.45, 7) is 4.32. The first-order valence-corrected chi connectivity index (χ1v) is 7.51. The highest BCUT2D eigenvalue weighted by molar-refractivity contribution is 5.58. The van der Waals surface area contributed by atoms with Crippen molar-refractivity contribution in [1.29, 1.82) is 0 Å². The van der Waals surface area contributed by atoms with Crippen LogP contribution in [-0.4, -0.2) is 21.4 Å². The number of fused-ring (bicyclic) bond motifs is 2. The van der Waals surface area contributed by atoms with E-state index in [1.165, 1.54) is 30.5 Å². The number of nitrogens with one attached hydrogen (secondary N) is 1. The van der Waals surface area contributed by atoms with Gasteiger partial charge in [-0.2, -0.15) is 5.10 Å². The normalized spacial score (nSPS) is 31.3. The summed E-state index contributed by atoms with van der Waals surface area (Å²) in [5.41, 5.74) is 4.44. The quantitative estimate of drug-likeness (QED) is 0.876. The van der Waals surface area contributed by atoms with Gasteiger partial charge in [-0.3, -0.25) is 5.10 Å². The van der Waals surface area contributed by atoms with E-state index in [1.54, 1.807) is 5.57 Å². The second-order valence-corrected chi connectivity index (χ2v) is 6.59. The van der Waals surface area contributed by atoms with Crippen LogP contribution >= 0.6 is 0 Å². The van der Waals surface area contributed by atoms with Crippen molar-refractivity contribution in [2.75, 3.05) is 0 Å². The fourth-order valence-electron chi connectivity index (χ4n) is 3.96. The van der Waals surface area contributed by atoms with E-state index in [2.05, 4.69) is 23.2 Å². The molecule has 1 aromatic rings. The van der Waals surface area contributed by atoms with Gasteiger partial charge in [0.1, 0.15) is 0 Å². The van der Waals surface area contributed by atoms with E-state index in [0.717, 1.165) is 19.3 Å². The van der Waals surface area contributed by atoms with Crippen molar-refractivity contribution < 1.29 is 5.11 Å². The molecule has 3 nitrogen and oxygen atoms in total. The first-order chi connectivity index (χ1) is 9.09. The highest BCUT2D eigenvalue weighted by Crippen LogP contribution is 2.52. The Bertz CT molecular complexity index is 489. The summed E-state index contributed by atoms with van der Waals surface area (Å²) in [5.74, 6) is 0.699. The van der Waals surface area contributed by atoms with E-state index < -0.39 is 0 Å². The molecule has 3 heteroatoms. The molecule has 1 heterocycles. The van der Waals surface area contributed by atoms with E-state index in [1.807, 2.05) is 13.1 Å². The van der Waals surface area contributed by atoms with Crippen molar-refractivity contribution in [3.8, 4) is 0 Å². The van der Waals surface area contributed by atoms with Gasteiger partial charge in [0, 0.05) is 0 Å². The van der Waals surface area contributed by atoms with Gasteiger partial charge >= 0.3 is 0 Å². The summed E-state index contributed by atoms with van der Waals surface area (Å²) in [4.78, 5) is 0. The number of aromatic amines is 1. The van der Waals surface area contributed by atoms with Gasteiger partial charge in [-0.25, -0.2) is 0 Å². The van der Waals surface area contributed by atoms with Crippen LogP contribution in [-0.2, 0) is 6.42 Å². The van der Waals surface area contributed by atoms with Gasteiger partial charge < -0.3 is 5.11 Å². The molecule has 0 bridgehead atoms. The molecule has 1 saturated carbocycles. The Balaban J connectivity index is 1.86. The van der Waals surface area contributed by atoms with Gasteiger partial charge in [-0.1, -0.05) is 12.5 Å². The molecule has 104 valence electrons. The van der Waals surface area contributed by atoms with Crippen molar-refractivity contribution in [2.45, 2.75) is 58.5 Å². The van der Waals surface area contributed by atoms with Crippen molar-refractivity contribution in [3.05, 3.63) is 23.0 Å². The molecule has 3 atom stereocenters. The Kier molecular flexibility index (Phi) is 3.25. The first-order valence-electron chi connectivity index (χ1n) is 7.51. The number of nitrogens with zero attached hydrogens (tertiary/aromatic N) is 1. The molecule has 1 aromatic heterocycles. The maximum atomic E-state index is 9.56. The molecule has 1 fully saturated rings. The molecule has 0 aliphatic heterocycles. The Labute approximate surface area is 115 Å². The third-order valence-electron chi connectivity index (χ3n) is 5.19. The molecule has 2 N–H and O–H groups in total. The fraction of sp³-hybridized carbons (Fsp3) is 0.688. The molecule has 0 radical (unpaired) electrons.